The van der Waals surface area contributed by atoms with Crippen LogP contribution < -0.4 is 15.5 Å². The Kier molecular flexibility index (Phi) is 7.09. The molecule has 2 aromatic heterocycles. The predicted octanol–water partition coefficient (Wildman–Crippen LogP) is 4.12. The van der Waals surface area contributed by atoms with E-state index in [9.17, 15) is 14.0 Å². The van der Waals surface area contributed by atoms with Crippen molar-refractivity contribution in [3.63, 3.8) is 0 Å². The van der Waals surface area contributed by atoms with Gasteiger partial charge in [0.25, 0.3) is 5.91 Å². The third-order valence-corrected chi connectivity index (χ3v) is 5.00. The number of nitrogens with zero attached hydrogens (tertiary/aromatic N) is 3. The molecule has 1 aliphatic heterocycles. The Hall–Kier alpha value is -2.75. The van der Waals surface area contributed by atoms with Crippen molar-refractivity contribution >= 4 is 39.3 Å². The summed E-state index contributed by atoms with van der Waals surface area (Å²) in [5, 5.41) is 5.60. The van der Waals surface area contributed by atoms with Gasteiger partial charge in [0.15, 0.2) is 11.5 Å². The molecule has 1 aliphatic rings. The number of amides is 2. The number of alkyl carbamates (subject to hydrolysis) is 1. The number of piperidine rings is 1. The number of carbonyl (C=O) groups is 2. The van der Waals surface area contributed by atoms with Gasteiger partial charge < -0.3 is 20.3 Å². The van der Waals surface area contributed by atoms with Gasteiger partial charge in [0.2, 0.25) is 0 Å². The quantitative estimate of drug-likeness (QED) is 0.621. The number of ether oxygens (including phenoxy) is 1. The summed E-state index contributed by atoms with van der Waals surface area (Å²) in [6, 6.07) is 4.27. The number of hydrogen-bond acceptors (Lipinski definition) is 6. The van der Waals surface area contributed by atoms with Gasteiger partial charge in [0, 0.05) is 25.3 Å². The number of nitrogens with one attached hydrogen (secondary N) is 2. The van der Waals surface area contributed by atoms with E-state index in [2.05, 4.69) is 36.5 Å². The molecule has 2 N–H and O–H groups in total. The summed E-state index contributed by atoms with van der Waals surface area (Å²) in [5.41, 5.74) is 0.282. The fourth-order valence-corrected chi connectivity index (χ4v) is 3.62. The average Bonchev–Trinajstić information content (AvgIpc) is 2.69. The van der Waals surface area contributed by atoms with Crippen molar-refractivity contribution in [3.05, 3.63) is 46.7 Å². The number of carbonyl (C=O) groups excluding carboxylic acids is 2. The largest absolute Gasteiger partial charge is 0.444 e. The van der Waals surface area contributed by atoms with Crippen LogP contribution in [0.4, 0.5) is 20.6 Å². The van der Waals surface area contributed by atoms with E-state index in [1.54, 1.807) is 12.3 Å². The molecule has 8 nitrogen and oxygen atoms in total. The minimum Gasteiger partial charge on any atom is -0.444 e. The Balaban J connectivity index is 1.73. The molecular weight excluding hydrogens is 469 g/mol. The van der Waals surface area contributed by atoms with Crippen LogP contribution in [0.2, 0.25) is 0 Å². The van der Waals surface area contributed by atoms with Crippen molar-refractivity contribution in [2.75, 3.05) is 23.3 Å². The molecule has 0 bridgehead atoms. The average molecular weight is 494 g/mol. The van der Waals surface area contributed by atoms with Crippen molar-refractivity contribution < 1.29 is 18.7 Å². The van der Waals surface area contributed by atoms with Gasteiger partial charge in [-0.1, -0.05) is 0 Å². The van der Waals surface area contributed by atoms with Gasteiger partial charge in [-0.15, -0.1) is 0 Å². The van der Waals surface area contributed by atoms with E-state index in [0.717, 1.165) is 25.1 Å². The zero-order valence-electron chi connectivity index (χ0n) is 17.6. The van der Waals surface area contributed by atoms with E-state index in [1.807, 2.05) is 25.7 Å². The fraction of sp³-hybridized carbons (Fsp3) is 0.429. The van der Waals surface area contributed by atoms with Gasteiger partial charge >= 0.3 is 6.09 Å². The lowest BCUT2D eigenvalue weighted by molar-refractivity contribution is 0.0500. The normalized spacial score (nSPS) is 16.5. The van der Waals surface area contributed by atoms with Crippen molar-refractivity contribution in [1.82, 2.24) is 15.3 Å². The number of hydrogen-bond donors (Lipinski definition) is 2. The molecule has 3 rings (SSSR count). The number of halogens is 2. The van der Waals surface area contributed by atoms with Crippen molar-refractivity contribution in [2.45, 2.75) is 45.3 Å². The molecule has 3 heterocycles. The first-order valence-electron chi connectivity index (χ1n) is 9.94. The second-order valence-corrected chi connectivity index (χ2v) is 9.06. The Labute approximate surface area is 188 Å². The van der Waals surface area contributed by atoms with Gasteiger partial charge in [-0.05, 0) is 67.7 Å². The summed E-state index contributed by atoms with van der Waals surface area (Å²) < 4.78 is 19.8. The molecule has 0 spiro atoms. The first kappa shape index (κ1) is 22.9. The maximum Gasteiger partial charge on any atom is 0.407 e. The SMILES string of the molecule is CC(C)(C)OC(=O)N[C@H]1CCCN(c2ccncc2NC(=O)c2nc(Br)ccc2F)C1. The van der Waals surface area contributed by atoms with Gasteiger partial charge in [-0.25, -0.2) is 14.2 Å². The first-order chi connectivity index (χ1) is 14.6. The van der Waals surface area contributed by atoms with Gasteiger partial charge in [0.05, 0.1) is 17.6 Å². The summed E-state index contributed by atoms with van der Waals surface area (Å²) in [7, 11) is 0. The second-order valence-electron chi connectivity index (χ2n) is 8.24. The predicted molar refractivity (Wildman–Crippen MR) is 119 cm³/mol. The minimum absolute atomic E-state index is 0.107. The lowest BCUT2D eigenvalue weighted by atomic mass is 10.0. The van der Waals surface area contributed by atoms with E-state index in [0.29, 0.717) is 16.8 Å². The monoisotopic (exact) mass is 493 g/mol. The lowest BCUT2D eigenvalue weighted by Crippen LogP contribution is -2.49. The minimum atomic E-state index is -0.717. The molecule has 166 valence electrons. The zero-order valence-corrected chi connectivity index (χ0v) is 19.2. The highest BCUT2D eigenvalue weighted by atomic mass is 79.9. The number of anilines is 2. The topological polar surface area (TPSA) is 96.5 Å². The van der Waals surface area contributed by atoms with Crippen LogP contribution in [0.5, 0.6) is 0 Å². The highest BCUT2D eigenvalue weighted by molar-refractivity contribution is 9.10. The maximum absolute atomic E-state index is 14.0. The van der Waals surface area contributed by atoms with Gasteiger partial charge in [-0.2, -0.15) is 0 Å². The molecule has 0 aromatic carbocycles. The zero-order chi connectivity index (χ0) is 22.6. The Morgan fingerprint density at radius 1 is 1.29 bits per heavy atom. The lowest BCUT2D eigenvalue weighted by Gasteiger charge is -2.35. The van der Waals surface area contributed by atoms with Crippen LogP contribution >= 0.6 is 15.9 Å². The molecular formula is C21H25BrFN5O3. The fourth-order valence-electron chi connectivity index (χ4n) is 3.31. The molecule has 1 saturated heterocycles. The summed E-state index contributed by atoms with van der Waals surface area (Å²) in [6.07, 6.45) is 4.33. The van der Waals surface area contributed by atoms with Crippen LogP contribution in [0.3, 0.4) is 0 Å². The van der Waals surface area contributed by atoms with E-state index in [1.165, 1.54) is 18.3 Å². The Morgan fingerprint density at radius 2 is 2.06 bits per heavy atom. The number of aromatic nitrogens is 2. The number of pyridine rings is 2. The first-order valence-corrected chi connectivity index (χ1v) is 10.7. The maximum atomic E-state index is 14.0. The molecule has 0 unspecified atom stereocenters. The van der Waals surface area contributed by atoms with Crippen LogP contribution in [0.25, 0.3) is 0 Å². The van der Waals surface area contributed by atoms with Crippen LogP contribution in [-0.4, -0.2) is 46.7 Å². The third kappa shape index (κ3) is 6.36. The second kappa shape index (κ2) is 9.59. The molecule has 2 aromatic rings. The Morgan fingerprint density at radius 3 is 2.81 bits per heavy atom. The van der Waals surface area contributed by atoms with E-state index in [-0.39, 0.29) is 11.7 Å². The van der Waals surface area contributed by atoms with Crippen LogP contribution in [0, 0.1) is 5.82 Å². The molecule has 31 heavy (non-hydrogen) atoms. The standard InChI is InChI=1S/C21H25BrFN5O3/c1-21(2,3)31-20(30)25-13-5-4-10-28(12-13)16-8-9-24-11-15(16)26-19(29)18-14(23)6-7-17(22)27-18/h6-9,11,13H,4-5,10,12H2,1-3H3,(H,25,30)(H,26,29)/t13-/m0/s1. The molecule has 0 radical (unpaired) electrons. The smallest absolute Gasteiger partial charge is 0.407 e. The highest BCUT2D eigenvalue weighted by Crippen LogP contribution is 2.28. The summed E-state index contributed by atoms with van der Waals surface area (Å²) >= 11 is 3.15. The summed E-state index contributed by atoms with van der Waals surface area (Å²) in [6.45, 7) is 6.72. The van der Waals surface area contributed by atoms with Crippen LogP contribution in [0.1, 0.15) is 44.1 Å². The van der Waals surface area contributed by atoms with E-state index >= 15 is 0 Å². The van der Waals surface area contributed by atoms with Gasteiger partial charge in [-0.3, -0.25) is 9.78 Å². The van der Waals surface area contributed by atoms with Crippen molar-refractivity contribution in [2.24, 2.45) is 0 Å². The van der Waals surface area contributed by atoms with Crippen molar-refractivity contribution in [1.29, 1.82) is 0 Å². The third-order valence-electron chi connectivity index (χ3n) is 4.56. The molecule has 1 atom stereocenters. The van der Waals surface area contributed by atoms with E-state index in [4.69, 9.17) is 4.74 Å². The molecule has 10 heteroatoms. The Bertz CT molecular complexity index is 966. The van der Waals surface area contributed by atoms with Crippen molar-refractivity contribution in [3.8, 4) is 0 Å². The summed E-state index contributed by atoms with van der Waals surface area (Å²) in [5.74, 6) is -1.39. The molecule has 0 aliphatic carbocycles. The highest BCUT2D eigenvalue weighted by Gasteiger charge is 2.26. The summed E-state index contributed by atoms with van der Waals surface area (Å²) in [4.78, 5) is 34.8. The van der Waals surface area contributed by atoms with E-state index < -0.39 is 23.4 Å². The molecule has 2 amide bonds. The number of rotatable bonds is 4. The van der Waals surface area contributed by atoms with Gasteiger partial charge in [0.1, 0.15) is 10.2 Å². The molecule has 0 saturated carbocycles. The van der Waals surface area contributed by atoms with Crippen LogP contribution in [0.15, 0.2) is 35.2 Å². The van der Waals surface area contributed by atoms with Crippen LogP contribution in [-0.2, 0) is 4.74 Å². The molecule has 1 fully saturated rings.